The number of hydrogen-bond acceptors (Lipinski definition) is 3. The highest BCUT2D eigenvalue weighted by Gasteiger charge is 2.02. The molecule has 0 saturated carbocycles. The van der Waals surface area contributed by atoms with Crippen LogP contribution >= 0.6 is 0 Å². The van der Waals surface area contributed by atoms with Gasteiger partial charge in [-0.15, -0.1) is 0 Å². The third kappa shape index (κ3) is 2.93. The number of H-pyrrole nitrogens is 1. The lowest BCUT2D eigenvalue weighted by molar-refractivity contribution is 0.454. The van der Waals surface area contributed by atoms with Crippen molar-refractivity contribution in [2.24, 2.45) is 0 Å². The van der Waals surface area contributed by atoms with Gasteiger partial charge in [-0.3, -0.25) is 4.79 Å². The van der Waals surface area contributed by atoms with Gasteiger partial charge in [0.05, 0.1) is 0 Å². The van der Waals surface area contributed by atoms with E-state index in [-0.39, 0.29) is 11.4 Å². The van der Waals surface area contributed by atoms with Crippen molar-refractivity contribution in [3.63, 3.8) is 0 Å². The minimum Gasteiger partial charge on any atom is -0.435 e. The number of aromatic nitrogens is 2. The van der Waals surface area contributed by atoms with E-state index in [1.165, 1.54) is 18.0 Å². The Morgan fingerprint density at radius 1 is 1.29 bits per heavy atom. The molecule has 0 saturated heterocycles. The van der Waals surface area contributed by atoms with Crippen molar-refractivity contribution in [2.75, 3.05) is 0 Å². The molecule has 2 aromatic rings. The Hall–Kier alpha value is -2.10. The molecule has 0 bridgehead atoms. The number of ether oxygens (including phenoxy) is 1. The number of nitrogens with one attached hydrogen (secondary N) is 1. The lowest BCUT2D eigenvalue weighted by Crippen LogP contribution is -2.09. The van der Waals surface area contributed by atoms with Crippen LogP contribution in [0.4, 0.5) is 0 Å². The van der Waals surface area contributed by atoms with Gasteiger partial charge in [0.25, 0.3) is 5.88 Å². The lowest BCUT2D eigenvalue weighted by atomic mass is 10.1. The Morgan fingerprint density at radius 2 is 2.06 bits per heavy atom. The Morgan fingerprint density at radius 3 is 2.71 bits per heavy atom. The molecule has 0 aliphatic carbocycles. The molecule has 1 heterocycles. The Balaban J connectivity index is 2.14. The first-order chi connectivity index (χ1) is 8.29. The molecule has 2 rings (SSSR count). The van der Waals surface area contributed by atoms with E-state index >= 15 is 0 Å². The predicted octanol–water partition coefficient (Wildman–Crippen LogP) is 2.51. The summed E-state index contributed by atoms with van der Waals surface area (Å²) in [7, 11) is 0. The summed E-state index contributed by atoms with van der Waals surface area (Å²) < 4.78 is 5.39. The first-order valence-electron chi connectivity index (χ1n) is 5.60. The number of hydrogen-bond donors (Lipinski definition) is 1. The van der Waals surface area contributed by atoms with Crippen molar-refractivity contribution in [1.29, 1.82) is 0 Å². The predicted molar refractivity (Wildman–Crippen MR) is 65.4 cm³/mol. The van der Waals surface area contributed by atoms with E-state index in [1.54, 1.807) is 0 Å². The fraction of sp³-hybridized carbons (Fsp3) is 0.231. The molecule has 88 valence electrons. The summed E-state index contributed by atoms with van der Waals surface area (Å²) in [4.78, 5) is 17.7. The monoisotopic (exact) mass is 230 g/mol. The summed E-state index contributed by atoms with van der Waals surface area (Å²) in [6.45, 7) is 2.14. The van der Waals surface area contributed by atoms with Gasteiger partial charge in [-0.05, 0) is 24.1 Å². The molecule has 0 aliphatic heterocycles. The van der Waals surface area contributed by atoms with Gasteiger partial charge >= 0.3 is 5.56 Å². The van der Waals surface area contributed by atoms with Crippen LogP contribution in [0, 0.1) is 0 Å². The van der Waals surface area contributed by atoms with Crippen LogP contribution in [0.25, 0.3) is 0 Å². The maximum Gasteiger partial charge on any atom is 0.311 e. The van der Waals surface area contributed by atoms with Crippen LogP contribution in [0.15, 0.2) is 41.5 Å². The summed E-state index contributed by atoms with van der Waals surface area (Å²) in [5.74, 6) is 0.685. The molecule has 0 amide bonds. The van der Waals surface area contributed by atoms with Gasteiger partial charge in [-0.1, -0.05) is 25.5 Å². The summed E-state index contributed by atoms with van der Waals surface area (Å²) in [6.07, 6.45) is 5.12. The van der Waals surface area contributed by atoms with Crippen LogP contribution in [0.1, 0.15) is 18.9 Å². The molecule has 1 N–H and O–H groups in total. The number of rotatable bonds is 4. The van der Waals surface area contributed by atoms with Gasteiger partial charge in [0.2, 0.25) is 0 Å². The molecular weight excluding hydrogens is 216 g/mol. The first kappa shape index (κ1) is 11.4. The Labute approximate surface area is 99.3 Å². The number of benzene rings is 1. The van der Waals surface area contributed by atoms with Crippen LogP contribution in [0.5, 0.6) is 11.6 Å². The molecule has 4 heteroatoms. The van der Waals surface area contributed by atoms with Crippen molar-refractivity contribution in [3.05, 3.63) is 52.6 Å². The minimum atomic E-state index is -0.329. The maximum absolute atomic E-state index is 11.3. The zero-order chi connectivity index (χ0) is 12.1. The van der Waals surface area contributed by atoms with E-state index in [4.69, 9.17) is 4.74 Å². The van der Waals surface area contributed by atoms with Gasteiger partial charge < -0.3 is 9.72 Å². The molecule has 0 atom stereocenters. The van der Waals surface area contributed by atoms with Crippen molar-refractivity contribution in [3.8, 4) is 11.6 Å². The third-order valence-corrected chi connectivity index (χ3v) is 2.35. The molecule has 0 spiro atoms. The van der Waals surface area contributed by atoms with E-state index in [0.717, 1.165) is 12.8 Å². The van der Waals surface area contributed by atoms with Crippen molar-refractivity contribution in [2.45, 2.75) is 19.8 Å². The summed E-state index contributed by atoms with van der Waals surface area (Å²) in [5, 5.41) is 0. The van der Waals surface area contributed by atoms with Crippen LogP contribution in [0.3, 0.4) is 0 Å². The Bertz CT molecular complexity index is 532. The van der Waals surface area contributed by atoms with E-state index in [2.05, 4.69) is 16.9 Å². The molecule has 0 fully saturated rings. The van der Waals surface area contributed by atoms with Crippen molar-refractivity contribution in [1.82, 2.24) is 9.97 Å². The van der Waals surface area contributed by atoms with Crippen molar-refractivity contribution >= 4 is 0 Å². The van der Waals surface area contributed by atoms with E-state index in [1.807, 2.05) is 24.3 Å². The van der Waals surface area contributed by atoms with Gasteiger partial charge in [-0.2, -0.15) is 0 Å². The van der Waals surface area contributed by atoms with Gasteiger partial charge in [-0.25, -0.2) is 4.98 Å². The van der Waals surface area contributed by atoms with E-state index < -0.39 is 0 Å². The highest BCUT2D eigenvalue weighted by Crippen LogP contribution is 2.17. The van der Waals surface area contributed by atoms with Crippen LogP contribution in [-0.2, 0) is 6.42 Å². The third-order valence-electron chi connectivity index (χ3n) is 2.35. The smallest absolute Gasteiger partial charge is 0.311 e. The average molecular weight is 230 g/mol. The molecule has 4 nitrogen and oxygen atoms in total. The second-order valence-corrected chi connectivity index (χ2v) is 3.72. The van der Waals surface area contributed by atoms with Gasteiger partial charge in [0.1, 0.15) is 5.75 Å². The van der Waals surface area contributed by atoms with E-state index in [9.17, 15) is 4.79 Å². The van der Waals surface area contributed by atoms with Crippen LogP contribution in [0.2, 0.25) is 0 Å². The molecule has 0 radical (unpaired) electrons. The molecule has 0 aliphatic rings. The zero-order valence-electron chi connectivity index (χ0n) is 9.64. The summed E-state index contributed by atoms with van der Waals surface area (Å²) >= 11 is 0. The second kappa shape index (κ2) is 5.30. The lowest BCUT2D eigenvalue weighted by Gasteiger charge is -2.04. The topological polar surface area (TPSA) is 55.0 Å². The fourth-order valence-corrected chi connectivity index (χ4v) is 1.54. The minimum absolute atomic E-state index is 0.0655. The van der Waals surface area contributed by atoms with Crippen LogP contribution < -0.4 is 10.3 Å². The Kier molecular flexibility index (Phi) is 3.55. The summed E-state index contributed by atoms with van der Waals surface area (Å²) in [5.41, 5.74) is 0.930. The molecular formula is C13H14N2O2. The first-order valence-corrected chi connectivity index (χ1v) is 5.60. The maximum atomic E-state index is 11.3. The number of aromatic amines is 1. The largest absolute Gasteiger partial charge is 0.435 e. The quantitative estimate of drug-likeness (QED) is 0.878. The van der Waals surface area contributed by atoms with Crippen molar-refractivity contribution < 1.29 is 4.74 Å². The number of aryl methyl sites for hydroxylation is 1. The highest BCUT2D eigenvalue weighted by atomic mass is 16.5. The molecule has 0 unspecified atom stereocenters. The standard InChI is InChI=1S/C13H14N2O2/c1-2-3-10-4-6-11(7-5-10)17-13-12(16)14-8-9-15-13/h4-9H,2-3H2,1H3,(H,14,16). The normalized spacial score (nSPS) is 10.2. The second-order valence-electron chi connectivity index (χ2n) is 3.72. The fourth-order valence-electron chi connectivity index (χ4n) is 1.54. The average Bonchev–Trinajstić information content (AvgIpc) is 2.35. The van der Waals surface area contributed by atoms with Crippen LogP contribution in [-0.4, -0.2) is 9.97 Å². The zero-order valence-corrected chi connectivity index (χ0v) is 9.64. The molecule has 1 aromatic heterocycles. The summed E-state index contributed by atoms with van der Waals surface area (Å²) in [6, 6.07) is 7.68. The molecule has 17 heavy (non-hydrogen) atoms. The van der Waals surface area contributed by atoms with Gasteiger partial charge in [0, 0.05) is 12.4 Å². The SMILES string of the molecule is CCCc1ccc(Oc2ncc[nH]c2=O)cc1. The highest BCUT2D eigenvalue weighted by molar-refractivity contribution is 5.29. The van der Waals surface area contributed by atoms with E-state index in [0.29, 0.717) is 5.75 Å². The van der Waals surface area contributed by atoms with Gasteiger partial charge in [0.15, 0.2) is 0 Å². The molecule has 1 aromatic carbocycles. The number of nitrogens with zero attached hydrogens (tertiary/aromatic N) is 1.